The number of carbonyl (C=O) groups excluding carboxylic acids is 1. The topological polar surface area (TPSA) is 23.6 Å². The highest BCUT2D eigenvalue weighted by Crippen LogP contribution is 2.32. The highest BCUT2D eigenvalue weighted by molar-refractivity contribution is 9.09. The Bertz CT molecular complexity index is 354. The monoisotopic (exact) mass is 342 g/mol. The lowest BCUT2D eigenvalue weighted by Gasteiger charge is -2.35. The van der Waals surface area contributed by atoms with Gasteiger partial charge < -0.3 is 0 Å². The van der Waals surface area contributed by atoms with Gasteiger partial charge >= 0.3 is 0 Å². The number of fused-ring (bicyclic) bond motifs is 1. The van der Waals surface area contributed by atoms with Gasteiger partial charge in [-0.3, -0.25) is 14.6 Å². The maximum atomic E-state index is 12.6. The van der Waals surface area contributed by atoms with E-state index in [1.165, 1.54) is 38.6 Å². The van der Waals surface area contributed by atoms with Crippen LogP contribution in [0.5, 0.6) is 0 Å². The van der Waals surface area contributed by atoms with Gasteiger partial charge in [-0.1, -0.05) is 15.9 Å². The molecule has 0 aromatic rings. The Hall–Kier alpha value is 0.0700. The molecule has 0 N–H and O–H groups in total. The minimum Gasteiger partial charge on any atom is -0.298 e. The van der Waals surface area contributed by atoms with Crippen molar-refractivity contribution in [2.24, 2.45) is 5.92 Å². The maximum Gasteiger partial charge on any atom is 0.149 e. The number of nitrogens with zero attached hydrogens (tertiary/aromatic N) is 2. The van der Waals surface area contributed by atoms with Gasteiger partial charge in [0, 0.05) is 23.3 Å². The van der Waals surface area contributed by atoms with E-state index in [1.54, 1.807) is 0 Å². The summed E-state index contributed by atoms with van der Waals surface area (Å²) in [5.41, 5.74) is 0. The molecule has 2 unspecified atom stereocenters. The Balaban J connectivity index is 1.57. The molecule has 2 aliphatic heterocycles. The summed E-state index contributed by atoms with van der Waals surface area (Å²) in [6.45, 7) is 5.38. The number of piperidine rings is 1. The van der Waals surface area contributed by atoms with E-state index in [0.717, 1.165) is 19.4 Å². The molecule has 1 aliphatic carbocycles. The number of Topliss-reactive ketones (excluding diaryl/α,β-unsaturated/α-hetero) is 1. The van der Waals surface area contributed by atoms with Crippen LogP contribution in [0.2, 0.25) is 0 Å². The highest BCUT2D eigenvalue weighted by atomic mass is 79.9. The molecule has 2 saturated heterocycles. The zero-order valence-electron chi connectivity index (χ0n) is 12.6. The molecule has 3 rings (SSSR count). The molecule has 3 nitrogen and oxygen atoms in total. The fourth-order valence-electron chi connectivity index (χ4n) is 4.24. The van der Waals surface area contributed by atoms with Crippen LogP contribution in [0.15, 0.2) is 0 Å². The number of alkyl halides is 1. The first-order chi connectivity index (χ1) is 9.65. The number of hydrogen-bond acceptors (Lipinski definition) is 3. The summed E-state index contributed by atoms with van der Waals surface area (Å²) >= 11 is 3.68. The van der Waals surface area contributed by atoms with Crippen molar-refractivity contribution in [3.05, 3.63) is 0 Å². The molecule has 3 aliphatic rings. The van der Waals surface area contributed by atoms with Gasteiger partial charge in [-0.25, -0.2) is 0 Å². The fourth-order valence-corrected chi connectivity index (χ4v) is 4.77. The smallest absolute Gasteiger partial charge is 0.149 e. The number of hydrogen-bond donors (Lipinski definition) is 0. The second-order valence-corrected chi connectivity index (χ2v) is 8.20. The van der Waals surface area contributed by atoms with Crippen molar-refractivity contribution >= 4 is 21.7 Å². The molecule has 0 aromatic heterocycles. The fraction of sp³-hybridized carbons (Fsp3) is 0.938. The summed E-state index contributed by atoms with van der Waals surface area (Å²) in [6, 6.07) is 0.551. The third-order valence-corrected chi connectivity index (χ3v) is 6.39. The lowest BCUT2D eigenvalue weighted by molar-refractivity contribution is -0.126. The molecule has 114 valence electrons. The molecule has 2 atom stereocenters. The zero-order valence-corrected chi connectivity index (χ0v) is 14.1. The molecular formula is C16H27BrN2O. The van der Waals surface area contributed by atoms with Crippen molar-refractivity contribution in [1.82, 2.24) is 9.80 Å². The van der Waals surface area contributed by atoms with E-state index in [0.29, 0.717) is 35.3 Å². The Morgan fingerprint density at radius 3 is 2.65 bits per heavy atom. The van der Waals surface area contributed by atoms with Crippen LogP contribution in [-0.2, 0) is 4.79 Å². The second-order valence-electron chi connectivity index (χ2n) is 6.91. The van der Waals surface area contributed by atoms with Crippen molar-refractivity contribution in [3.63, 3.8) is 0 Å². The Labute approximate surface area is 131 Å². The summed E-state index contributed by atoms with van der Waals surface area (Å²) in [6.07, 6.45) is 8.98. The first kappa shape index (κ1) is 15.0. The van der Waals surface area contributed by atoms with E-state index in [4.69, 9.17) is 0 Å². The Morgan fingerprint density at radius 2 is 1.90 bits per heavy atom. The van der Waals surface area contributed by atoms with Gasteiger partial charge in [-0.2, -0.15) is 0 Å². The van der Waals surface area contributed by atoms with Gasteiger partial charge in [0.2, 0.25) is 0 Å². The normalized spacial score (nSPS) is 39.7. The van der Waals surface area contributed by atoms with E-state index < -0.39 is 0 Å². The average molecular weight is 343 g/mol. The van der Waals surface area contributed by atoms with Crippen molar-refractivity contribution < 1.29 is 4.79 Å². The van der Waals surface area contributed by atoms with Crippen LogP contribution in [-0.4, -0.2) is 52.3 Å². The summed E-state index contributed by atoms with van der Waals surface area (Å²) < 4.78 is 0. The summed E-state index contributed by atoms with van der Waals surface area (Å²) in [4.78, 5) is 18.3. The van der Waals surface area contributed by atoms with Crippen LogP contribution < -0.4 is 0 Å². The van der Waals surface area contributed by atoms with Crippen LogP contribution in [0.1, 0.15) is 51.9 Å². The average Bonchev–Trinajstić information content (AvgIpc) is 2.76. The molecule has 0 radical (unpaired) electrons. The first-order valence-electron chi connectivity index (χ1n) is 8.31. The molecule has 20 heavy (non-hydrogen) atoms. The van der Waals surface area contributed by atoms with Crippen LogP contribution >= 0.6 is 15.9 Å². The van der Waals surface area contributed by atoms with Gasteiger partial charge in [0.1, 0.15) is 5.78 Å². The number of ketones is 1. The van der Waals surface area contributed by atoms with E-state index >= 15 is 0 Å². The lowest BCUT2D eigenvalue weighted by atomic mass is 9.86. The maximum absolute atomic E-state index is 12.6. The minimum atomic E-state index is 0.327. The van der Waals surface area contributed by atoms with Crippen LogP contribution in [0.3, 0.4) is 0 Å². The van der Waals surface area contributed by atoms with Crippen LogP contribution in [0.25, 0.3) is 0 Å². The van der Waals surface area contributed by atoms with Gasteiger partial charge in [-0.05, 0) is 58.4 Å². The van der Waals surface area contributed by atoms with Gasteiger partial charge in [0.15, 0.2) is 0 Å². The second kappa shape index (κ2) is 6.45. The van der Waals surface area contributed by atoms with E-state index in [-0.39, 0.29) is 0 Å². The predicted molar refractivity (Wildman–Crippen MR) is 85.1 cm³/mol. The van der Waals surface area contributed by atoms with Crippen molar-refractivity contribution in [3.8, 4) is 0 Å². The summed E-state index contributed by atoms with van der Waals surface area (Å²) in [7, 11) is 0. The largest absolute Gasteiger partial charge is 0.298 e. The highest BCUT2D eigenvalue weighted by Gasteiger charge is 2.39. The molecule has 0 aromatic carbocycles. The van der Waals surface area contributed by atoms with Crippen LogP contribution in [0, 0.1) is 5.92 Å². The molecule has 3 fully saturated rings. The van der Waals surface area contributed by atoms with E-state index in [9.17, 15) is 4.79 Å². The third kappa shape index (κ3) is 3.12. The van der Waals surface area contributed by atoms with Crippen molar-refractivity contribution in [2.45, 2.75) is 68.9 Å². The minimum absolute atomic E-state index is 0.327. The van der Waals surface area contributed by atoms with Crippen LogP contribution in [0.4, 0.5) is 0 Å². The van der Waals surface area contributed by atoms with Gasteiger partial charge in [0.05, 0.1) is 12.7 Å². The van der Waals surface area contributed by atoms with Gasteiger partial charge in [0.25, 0.3) is 0 Å². The number of carbonyl (C=O) groups is 1. The molecule has 0 amide bonds. The first-order valence-corrected chi connectivity index (χ1v) is 9.23. The van der Waals surface area contributed by atoms with Crippen molar-refractivity contribution in [2.75, 3.05) is 19.6 Å². The molecule has 1 saturated carbocycles. The predicted octanol–water partition coefficient (Wildman–Crippen LogP) is 3.03. The number of rotatable bonds is 3. The number of halogens is 1. The summed E-state index contributed by atoms with van der Waals surface area (Å²) in [5, 5.41) is 0. The quantitative estimate of drug-likeness (QED) is 0.736. The molecule has 0 bridgehead atoms. The molecule has 4 heteroatoms. The Morgan fingerprint density at radius 1 is 1.15 bits per heavy atom. The lowest BCUT2D eigenvalue weighted by Crippen LogP contribution is -2.46. The molecular weight excluding hydrogens is 316 g/mol. The van der Waals surface area contributed by atoms with E-state index in [2.05, 4.69) is 32.7 Å². The standard InChI is InChI=1S/C16H27BrN2O/c1-12-10-18-9-3-2-4-16(18)19(12)11-15(20)13-5-7-14(17)8-6-13/h12-14,16H,2-11H2,1H3. The Kier molecular flexibility index (Phi) is 4.83. The zero-order chi connectivity index (χ0) is 14.1. The van der Waals surface area contributed by atoms with Gasteiger partial charge in [-0.15, -0.1) is 0 Å². The SMILES string of the molecule is CC1CN2CCCCC2N1CC(=O)C1CCC(Br)CC1. The third-order valence-electron chi connectivity index (χ3n) is 5.48. The van der Waals surface area contributed by atoms with E-state index in [1.807, 2.05) is 0 Å². The summed E-state index contributed by atoms with van der Waals surface area (Å²) in [5.74, 6) is 0.831. The molecule has 0 spiro atoms. The molecule has 2 heterocycles. The van der Waals surface area contributed by atoms with Crippen molar-refractivity contribution in [1.29, 1.82) is 0 Å².